The molecule has 0 aliphatic carbocycles. The van der Waals surface area contributed by atoms with Gasteiger partial charge in [-0.05, 0) is 25.4 Å². The van der Waals surface area contributed by atoms with Gasteiger partial charge in [0, 0.05) is 31.8 Å². The molecule has 8 heteroatoms. The summed E-state index contributed by atoms with van der Waals surface area (Å²) in [5, 5.41) is 11.8. The second kappa shape index (κ2) is 5.99. The summed E-state index contributed by atoms with van der Waals surface area (Å²) in [5.41, 5.74) is 7.12. The number of nitrogens with zero attached hydrogens (tertiary/aromatic N) is 4. The van der Waals surface area contributed by atoms with E-state index >= 15 is 0 Å². The molecule has 3 aliphatic heterocycles. The fourth-order valence-corrected chi connectivity index (χ4v) is 3.76. The second-order valence-corrected chi connectivity index (χ2v) is 6.23. The minimum Gasteiger partial charge on any atom is -0.385 e. The van der Waals surface area contributed by atoms with Gasteiger partial charge in [0.1, 0.15) is 18.1 Å². The maximum atomic E-state index is 12.1. The first-order valence-electron chi connectivity index (χ1n) is 7.94. The van der Waals surface area contributed by atoms with Crippen LogP contribution in [0.5, 0.6) is 0 Å². The highest BCUT2D eigenvalue weighted by Gasteiger charge is 2.50. The topological polar surface area (TPSA) is 97.8 Å². The molecule has 0 bridgehead atoms. The number of carbonyl (C=O) groups is 1. The predicted molar refractivity (Wildman–Crippen MR) is 89.5 cm³/mol. The van der Waals surface area contributed by atoms with Crippen LogP contribution in [0.15, 0.2) is 28.7 Å². The molecule has 3 N–H and O–H groups in total. The Balaban J connectivity index is 1.79. The molecule has 2 fully saturated rings. The number of amides is 1. The average molecular weight is 312 g/mol. The van der Waals surface area contributed by atoms with Crippen LogP contribution < -0.4 is 11.1 Å². The van der Waals surface area contributed by atoms with E-state index in [0.717, 1.165) is 51.1 Å². The van der Waals surface area contributed by atoms with Gasteiger partial charge in [0.2, 0.25) is 5.91 Å². The third kappa shape index (κ3) is 2.56. The number of piperidine rings is 1. The van der Waals surface area contributed by atoms with E-state index in [1.807, 2.05) is 23.2 Å². The average Bonchev–Trinajstić information content (AvgIpc) is 3.02. The van der Waals surface area contributed by atoms with E-state index in [1.165, 1.54) is 0 Å². The number of nitriles is 1. The number of likely N-dealkylation sites (tertiary alicyclic amines) is 1. The molecule has 2 saturated heterocycles. The summed E-state index contributed by atoms with van der Waals surface area (Å²) in [4.78, 5) is 20.4. The summed E-state index contributed by atoms with van der Waals surface area (Å²) in [5.74, 6) is 1.41. The Kier molecular flexibility index (Phi) is 4.03. The van der Waals surface area contributed by atoms with Gasteiger partial charge in [-0.15, -0.1) is 0 Å². The molecule has 23 heavy (non-hydrogen) atoms. The van der Waals surface area contributed by atoms with Gasteiger partial charge >= 0.3 is 0 Å². The summed E-state index contributed by atoms with van der Waals surface area (Å²) >= 11 is 0. The van der Waals surface area contributed by atoms with Crippen LogP contribution in [0.25, 0.3) is 0 Å². The lowest BCUT2D eigenvalue weighted by Crippen LogP contribution is -2.73. The molecule has 3 heterocycles. The van der Waals surface area contributed by atoms with Gasteiger partial charge in [-0.25, -0.2) is 0 Å². The summed E-state index contributed by atoms with van der Waals surface area (Å²) in [7, 11) is 2.71. The van der Waals surface area contributed by atoms with Crippen molar-refractivity contribution in [2.75, 3.05) is 26.6 Å². The monoisotopic (exact) mass is 312 g/mol. The van der Waals surface area contributed by atoms with Crippen LogP contribution in [0.2, 0.25) is 0 Å². The molecule has 0 aromatic carbocycles. The Bertz CT molecular complexity index is 649. The Labute approximate surface area is 136 Å². The first-order valence-corrected chi connectivity index (χ1v) is 7.94. The van der Waals surface area contributed by atoms with Crippen LogP contribution in [0, 0.1) is 11.3 Å². The molecule has 3 rings (SSSR count). The molecule has 0 radical (unpaired) electrons. The molecule has 1 atom stereocenters. The third-order valence-electron chi connectivity index (χ3n) is 5.03. The number of hydrogen-bond donors (Lipinski definition) is 2. The molecular formula is C15H21BN6O. The van der Waals surface area contributed by atoms with E-state index in [4.69, 9.17) is 11.0 Å². The lowest BCUT2D eigenvalue weighted by atomic mass is 9.46. The van der Waals surface area contributed by atoms with Crippen molar-refractivity contribution in [2.45, 2.75) is 24.7 Å². The van der Waals surface area contributed by atoms with Crippen molar-refractivity contribution in [3.8, 4) is 6.07 Å². The van der Waals surface area contributed by atoms with Crippen LogP contribution in [0.1, 0.15) is 19.3 Å². The SMILES string of the molecule is C/N=C1/NC=C/C1=C(/N)N1CCCC2(BCN2C(=O)CC#N)C1. The number of nitrogens with one attached hydrogen (secondary N) is 1. The molecule has 1 amide bonds. The standard InChI is InChI=1S/C15H21BN6O/c1-19-14-11(4-7-20-14)13(18)21-8-2-5-15(9-21)16-10-22(15)12(23)3-6-17/h4,7,16H,2-3,5,8-10,18H2,1H3,(H,19,20)/b13-11+. The highest BCUT2D eigenvalue weighted by atomic mass is 16.2. The van der Waals surface area contributed by atoms with Crippen molar-refractivity contribution < 1.29 is 4.79 Å². The summed E-state index contributed by atoms with van der Waals surface area (Å²) in [6.45, 7) is 1.60. The maximum absolute atomic E-state index is 12.1. The normalized spacial score (nSPS) is 29.8. The highest BCUT2D eigenvalue weighted by Crippen LogP contribution is 2.34. The van der Waals surface area contributed by atoms with Crippen LogP contribution in [-0.4, -0.2) is 60.8 Å². The summed E-state index contributed by atoms with van der Waals surface area (Å²) in [6, 6.07) is 1.96. The Morgan fingerprint density at radius 3 is 3.13 bits per heavy atom. The van der Waals surface area contributed by atoms with Crippen molar-refractivity contribution in [1.82, 2.24) is 15.1 Å². The molecular weight excluding hydrogens is 291 g/mol. The first kappa shape index (κ1) is 15.5. The van der Waals surface area contributed by atoms with Gasteiger partial charge in [-0.1, -0.05) is 0 Å². The molecule has 7 nitrogen and oxygen atoms in total. The van der Waals surface area contributed by atoms with Crippen molar-refractivity contribution >= 4 is 19.0 Å². The van der Waals surface area contributed by atoms with Crippen LogP contribution in [-0.2, 0) is 4.79 Å². The maximum Gasteiger partial charge on any atom is 0.236 e. The molecule has 3 aliphatic rings. The minimum absolute atomic E-state index is 0.0440. The lowest BCUT2D eigenvalue weighted by Gasteiger charge is -2.57. The van der Waals surface area contributed by atoms with E-state index in [0.29, 0.717) is 5.82 Å². The number of carbonyl (C=O) groups excluding carboxylic acids is 1. The Morgan fingerprint density at radius 2 is 2.48 bits per heavy atom. The van der Waals surface area contributed by atoms with Crippen molar-refractivity contribution in [3.05, 3.63) is 23.7 Å². The summed E-state index contributed by atoms with van der Waals surface area (Å²) < 4.78 is 0. The van der Waals surface area contributed by atoms with Gasteiger partial charge in [0.25, 0.3) is 0 Å². The van der Waals surface area contributed by atoms with Gasteiger partial charge in [-0.2, -0.15) is 5.26 Å². The van der Waals surface area contributed by atoms with E-state index in [9.17, 15) is 4.79 Å². The van der Waals surface area contributed by atoms with E-state index in [1.54, 1.807) is 7.05 Å². The molecule has 1 spiro atoms. The van der Waals surface area contributed by atoms with Crippen molar-refractivity contribution in [1.29, 1.82) is 5.26 Å². The fourth-order valence-electron chi connectivity index (χ4n) is 3.76. The fraction of sp³-hybridized carbons (Fsp3) is 0.533. The first-order chi connectivity index (χ1) is 11.1. The van der Waals surface area contributed by atoms with E-state index in [2.05, 4.69) is 15.2 Å². The van der Waals surface area contributed by atoms with Gasteiger partial charge in [0.05, 0.1) is 11.6 Å². The highest BCUT2D eigenvalue weighted by molar-refractivity contribution is 6.45. The predicted octanol–water partition coefficient (Wildman–Crippen LogP) is -0.756. The smallest absolute Gasteiger partial charge is 0.236 e. The number of nitrogens with two attached hydrogens (primary N) is 1. The summed E-state index contributed by atoms with van der Waals surface area (Å²) in [6.07, 6.45) is 6.42. The lowest BCUT2D eigenvalue weighted by molar-refractivity contribution is -0.136. The number of rotatable bonds is 2. The number of aliphatic imine (C=N–C) groups is 1. The minimum atomic E-state index is -0.156. The molecule has 1 unspecified atom stereocenters. The van der Waals surface area contributed by atoms with Gasteiger partial charge in [-0.3, -0.25) is 9.79 Å². The molecule has 0 saturated carbocycles. The molecule has 120 valence electrons. The zero-order valence-corrected chi connectivity index (χ0v) is 13.4. The van der Waals surface area contributed by atoms with Crippen LogP contribution >= 0.6 is 0 Å². The van der Waals surface area contributed by atoms with Gasteiger partial charge in [0.15, 0.2) is 7.28 Å². The van der Waals surface area contributed by atoms with Crippen LogP contribution in [0.4, 0.5) is 0 Å². The van der Waals surface area contributed by atoms with Crippen LogP contribution in [0.3, 0.4) is 0 Å². The van der Waals surface area contributed by atoms with E-state index < -0.39 is 0 Å². The quantitative estimate of drug-likeness (QED) is 0.654. The molecule has 0 aromatic heterocycles. The van der Waals surface area contributed by atoms with E-state index in [-0.39, 0.29) is 17.8 Å². The second-order valence-electron chi connectivity index (χ2n) is 6.23. The Hall–Kier alpha value is -2.43. The number of hydrogen-bond acceptors (Lipinski definition) is 5. The van der Waals surface area contributed by atoms with Gasteiger partial charge < -0.3 is 20.9 Å². The largest absolute Gasteiger partial charge is 0.385 e. The number of amidine groups is 1. The third-order valence-corrected chi connectivity index (χ3v) is 5.03. The van der Waals surface area contributed by atoms with Crippen molar-refractivity contribution in [3.63, 3.8) is 0 Å². The van der Waals surface area contributed by atoms with Crippen molar-refractivity contribution in [2.24, 2.45) is 10.7 Å². The zero-order valence-electron chi connectivity index (χ0n) is 13.4. The molecule has 0 aromatic rings. The zero-order chi connectivity index (χ0) is 16.4. The Morgan fingerprint density at radius 1 is 1.65 bits per heavy atom.